The second-order valence-corrected chi connectivity index (χ2v) is 6.44. The minimum absolute atomic E-state index is 0.0597. The highest BCUT2D eigenvalue weighted by atomic mass is 16.5. The third-order valence-electron chi connectivity index (χ3n) is 4.88. The number of carbonyl (C=O) groups excluding carboxylic acids is 2. The van der Waals surface area contributed by atoms with Crippen molar-refractivity contribution in [3.8, 4) is 0 Å². The molecule has 0 spiro atoms. The van der Waals surface area contributed by atoms with E-state index in [1.807, 2.05) is 0 Å². The number of allylic oxidation sites excluding steroid dienone is 2. The summed E-state index contributed by atoms with van der Waals surface area (Å²) in [6.45, 7) is 2.06. The molecule has 7 heteroatoms. The van der Waals surface area contributed by atoms with Gasteiger partial charge in [0.15, 0.2) is 5.78 Å². The maximum atomic E-state index is 12.6. The van der Waals surface area contributed by atoms with Gasteiger partial charge in [0.05, 0.1) is 17.7 Å². The SMILES string of the molecule is CCOC(=O)c1ccc(C2C3=C(CCCC3=O)Nc3[nH][nH]c(=O)c32)cc1. The van der Waals surface area contributed by atoms with Crippen LogP contribution >= 0.6 is 0 Å². The number of nitrogens with one attached hydrogen (secondary N) is 3. The van der Waals surface area contributed by atoms with Gasteiger partial charge in [0.1, 0.15) is 5.82 Å². The number of rotatable bonds is 3. The summed E-state index contributed by atoms with van der Waals surface area (Å²) in [5.41, 5.74) is 3.01. The molecule has 0 amide bonds. The Balaban J connectivity index is 1.81. The van der Waals surface area contributed by atoms with E-state index in [9.17, 15) is 14.4 Å². The van der Waals surface area contributed by atoms with Crippen LogP contribution in [0.2, 0.25) is 0 Å². The highest BCUT2D eigenvalue weighted by Crippen LogP contribution is 2.43. The third kappa shape index (κ3) is 2.56. The number of anilines is 1. The van der Waals surface area contributed by atoms with Crippen LogP contribution in [0, 0.1) is 0 Å². The molecule has 2 aromatic rings. The molecule has 7 nitrogen and oxygen atoms in total. The highest BCUT2D eigenvalue weighted by Gasteiger charge is 2.37. The highest BCUT2D eigenvalue weighted by molar-refractivity contribution is 6.01. The summed E-state index contributed by atoms with van der Waals surface area (Å²) >= 11 is 0. The molecule has 0 fully saturated rings. The number of H-pyrrole nitrogens is 2. The van der Waals surface area contributed by atoms with Gasteiger partial charge in [-0.1, -0.05) is 12.1 Å². The Morgan fingerprint density at radius 1 is 1.15 bits per heavy atom. The molecular weight excluding hydrogens is 334 g/mol. The van der Waals surface area contributed by atoms with Gasteiger partial charge in [-0.3, -0.25) is 19.8 Å². The summed E-state index contributed by atoms with van der Waals surface area (Å²) in [7, 11) is 0. The van der Waals surface area contributed by atoms with Gasteiger partial charge in [0.2, 0.25) is 0 Å². The number of aromatic nitrogens is 2. The van der Waals surface area contributed by atoms with E-state index in [-0.39, 0.29) is 11.3 Å². The lowest BCUT2D eigenvalue weighted by atomic mass is 9.77. The maximum absolute atomic E-state index is 12.6. The van der Waals surface area contributed by atoms with Gasteiger partial charge < -0.3 is 10.1 Å². The fourth-order valence-corrected chi connectivity index (χ4v) is 3.72. The van der Waals surface area contributed by atoms with E-state index in [4.69, 9.17) is 4.74 Å². The number of aromatic amines is 2. The van der Waals surface area contributed by atoms with E-state index in [0.29, 0.717) is 35.5 Å². The minimum Gasteiger partial charge on any atom is -0.462 e. The Labute approximate surface area is 149 Å². The smallest absolute Gasteiger partial charge is 0.338 e. The molecule has 1 aromatic carbocycles. The van der Waals surface area contributed by atoms with Crippen LogP contribution in [0.15, 0.2) is 40.3 Å². The number of hydrogen-bond acceptors (Lipinski definition) is 5. The first kappa shape index (κ1) is 16.4. The Morgan fingerprint density at radius 2 is 1.92 bits per heavy atom. The number of carbonyl (C=O) groups is 2. The van der Waals surface area contributed by atoms with E-state index in [1.165, 1.54) is 0 Å². The summed E-state index contributed by atoms with van der Waals surface area (Å²) in [6.07, 6.45) is 2.05. The molecule has 1 atom stereocenters. The summed E-state index contributed by atoms with van der Waals surface area (Å²) < 4.78 is 5.01. The topological polar surface area (TPSA) is 104 Å². The van der Waals surface area contributed by atoms with Crippen molar-refractivity contribution in [1.82, 2.24) is 10.2 Å². The maximum Gasteiger partial charge on any atom is 0.338 e. The molecular formula is C19H19N3O4. The molecule has 1 unspecified atom stereocenters. The van der Waals surface area contributed by atoms with Crippen LogP contribution < -0.4 is 10.9 Å². The second kappa shape index (κ2) is 6.33. The molecule has 2 aliphatic rings. The Kier molecular flexibility index (Phi) is 3.99. The van der Waals surface area contributed by atoms with Crippen LogP contribution in [0.4, 0.5) is 5.82 Å². The zero-order chi connectivity index (χ0) is 18.3. The van der Waals surface area contributed by atoms with Crippen molar-refractivity contribution in [2.24, 2.45) is 0 Å². The molecule has 3 N–H and O–H groups in total. The van der Waals surface area contributed by atoms with Crippen molar-refractivity contribution >= 4 is 17.6 Å². The molecule has 26 heavy (non-hydrogen) atoms. The summed E-state index contributed by atoms with van der Waals surface area (Å²) in [4.78, 5) is 36.8. The third-order valence-corrected chi connectivity index (χ3v) is 4.88. The van der Waals surface area contributed by atoms with E-state index in [1.54, 1.807) is 31.2 Å². The van der Waals surface area contributed by atoms with Crippen LogP contribution in [-0.2, 0) is 9.53 Å². The van der Waals surface area contributed by atoms with Crippen LogP contribution in [0.5, 0.6) is 0 Å². The van der Waals surface area contributed by atoms with Crippen molar-refractivity contribution in [2.75, 3.05) is 11.9 Å². The Hall–Kier alpha value is -3.09. The van der Waals surface area contributed by atoms with E-state index >= 15 is 0 Å². The molecule has 0 saturated heterocycles. The van der Waals surface area contributed by atoms with Gasteiger partial charge in [-0.05, 0) is 37.5 Å². The van der Waals surface area contributed by atoms with Crippen molar-refractivity contribution < 1.29 is 14.3 Å². The predicted octanol–water partition coefficient (Wildman–Crippen LogP) is 2.44. The number of ether oxygens (including phenoxy) is 1. The molecule has 1 aliphatic carbocycles. The van der Waals surface area contributed by atoms with Gasteiger partial charge in [-0.15, -0.1) is 0 Å². The van der Waals surface area contributed by atoms with Crippen molar-refractivity contribution in [2.45, 2.75) is 32.1 Å². The zero-order valence-corrected chi connectivity index (χ0v) is 14.3. The molecule has 0 saturated carbocycles. The molecule has 1 aromatic heterocycles. The number of Topliss-reactive ketones (excluding diaryl/α,β-unsaturated/α-hetero) is 1. The van der Waals surface area contributed by atoms with E-state index < -0.39 is 11.9 Å². The van der Waals surface area contributed by atoms with Crippen molar-refractivity contribution in [3.05, 3.63) is 62.6 Å². The minimum atomic E-state index is -0.444. The lowest BCUT2D eigenvalue weighted by Gasteiger charge is -2.31. The molecule has 0 bridgehead atoms. The van der Waals surface area contributed by atoms with Crippen molar-refractivity contribution in [1.29, 1.82) is 0 Å². The lowest BCUT2D eigenvalue weighted by Crippen LogP contribution is -2.29. The summed E-state index contributed by atoms with van der Waals surface area (Å²) in [6, 6.07) is 6.91. The number of benzene rings is 1. The number of fused-ring (bicyclic) bond motifs is 1. The first-order chi connectivity index (χ1) is 12.6. The summed E-state index contributed by atoms with van der Waals surface area (Å²) in [5.74, 6) is -0.175. The fourth-order valence-electron chi connectivity index (χ4n) is 3.72. The first-order valence-electron chi connectivity index (χ1n) is 8.71. The Morgan fingerprint density at radius 3 is 2.65 bits per heavy atom. The monoisotopic (exact) mass is 353 g/mol. The normalized spacial score (nSPS) is 18.8. The molecule has 1 aliphatic heterocycles. The van der Waals surface area contributed by atoms with Crippen LogP contribution in [0.25, 0.3) is 0 Å². The first-order valence-corrected chi connectivity index (χ1v) is 8.71. The second-order valence-electron chi connectivity index (χ2n) is 6.44. The van der Waals surface area contributed by atoms with Gasteiger partial charge in [-0.2, -0.15) is 0 Å². The van der Waals surface area contributed by atoms with Crippen molar-refractivity contribution in [3.63, 3.8) is 0 Å². The van der Waals surface area contributed by atoms with Gasteiger partial charge >= 0.3 is 5.97 Å². The van der Waals surface area contributed by atoms with Crippen LogP contribution in [0.1, 0.15) is 53.6 Å². The Bertz CT molecular complexity index is 965. The van der Waals surface area contributed by atoms with E-state index in [2.05, 4.69) is 15.5 Å². The zero-order valence-electron chi connectivity index (χ0n) is 14.3. The average Bonchev–Trinajstić information content (AvgIpc) is 3.01. The number of ketones is 1. The van der Waals surface area contributed by atoms with Gasteiger partial charge in [0, 0.05) is 23.6 Å². The van der Waals surface area contributed by atoms with Crippen LogP contribution in [0.3, 0.4) is 0 Å². The summed E-state index contributed by atoms with van der Waals surface area (Å²) in [5, 5.41) is 8.64. The van der Waals surface area contributed by atoms with Gasteiger partial charge in [-0.25, -0.2) is 4.79 Å². The number of esters is 1. The largest absolute Gasteiger partial charge is 0.462 e. The number of hydrogen-bond donors (Lipinski definition) is 3. The molecule has 2 heterocycles. The average molecular weight is 353 g/mol. The molecule has 0 radical (unpaired) electrons. The van der Waals surface area contributed by atoms with Gasteiger partial charge in [0.25, 0.3) is 5.56 Å². The lowest BCUT2D eigenvalue weighted by molar-refractivity contribution is -0.116. The standard InChI is InChI=1S/C19H19N3O4/c1-2-26-19(25)11-8-6-10(7-9-11)14-15-12(4-3-5-13(15)23)20-17-16(14)18(24)22-21-17/h6-9,14H,2-5H2,1H3,(H3,20,21,22,24). The molecule has 4 rings (SSSR count). The molecule has 134 valence electrons. The van der Waals surface area contributed by atoms with E-state index in [0.717, 1.165) is 24.1 Å². The predicted molar refractivity (Wildman–Crippen MR) is 95.2 cm³/mol. The fraction of sp³-hybridized carbons (Fsp3) is 0.316. The quantitative estimate of drug-likeness (QED) is 0.735. The van der Waals surface area contributed by atoms with Crippen LogP contribution in [-0.4, -0.2) is 28.6 Å².